The fourth-order valence-corrected chi connectivity index (χ4v) is 0.223. The first kappa shape index (κ1) is 6.64. The summed E-state index contributed by atoms with van der Waals surface area (Å²) in [6, 6.07) is 1.86. The molecule has 7 heavy (non-hydrogen) atoms. The van der Waals surface area contributed by atoms with Crippen molar-refractivity contribution in [2.24, 2.45) is 0 Å². The van der Waals surface area contributed by atoms with Crippen molar-refractivity contribution in [3.63, 3.8) is 0 Å². The molecule has 0 fully saturated rings. The molecule has 0 aliphatic heterocycles. The molecule has 2 nitrogen and oxygen atoms in total. The predicted molar refractivity (Wildman–Crippen MR) is 29.1 cm³/mol. The maximum Gasteiger partial charge on any atom is 0.118 e. The van der Waals surface area contributed by atoms with Gasteiger partial charge in [0, 0.05) is 17.1 Å². The van der Waals surface area contributed by atoms with Crippen molar-refractivity contribution in [1.29, 1.82) is 5.26 Å². The van der Waals surface area contributed by atoms with Crippen molar-refractivity contribution in [2.45, 2.75) is 12.2 Å². The van der Waals surface area contributed by atoms with Gasteiger partial charge in [-0.1, -0.05) is 0 Å². The highest BCUT2D eigenvalue weighted by Crippen LogP contribution is 1.86. The Labute approximate surface area is 45.6 Å². The van der Waals surface area contributed by atoms with Crippen LogP contribution < -0.4 is 0 Å². The number of hydrogen-bond acceptors (Lipinski definition) is 2. The van der Waals surface area contributed by atoms with Gasteiger partial charge in [-0.25, -0.2) is 0 Å². The number of rotatable bonds is 1. The minimum Gasteiger partial charge on any atom is -0.259 e. The van der Waals surface area contributed by atoms with Crippen LogP contribution in [0.4, 0.5) is 0 Å². The third-order valence-corrected chi connectivity index (χ3v) is 1.78. The number of nitriles is 1. The van der Waals surface area contributed by atoms with Crippen LogP contribution in [0.2, 0.25) is 0 Å². The van der Waals surface area contributed by atoms with Gasteiger partial charge < -0.3 is 0 Å². The lowest BCUT2D eigenvalue weighted by Gasteiger charge is -1.89. The van der Waals surface area contributed by atoms with Gasteiger partial charge in [-0.05, 0) is 6.92 Å². The molecule has 0 heterocycles. The quantitative estimate of drug-likeness (QED) is 0.495. The van der Waals surface area contributed by atoms with Crippen LogP contribution in [0.15, 0.2) is 0 Å². The van der Waals surface area contributed by atoms with Crippen LogP contribution in [0.25, 0.3) is 0 Å². The Balaban J connectivity index is 3.63. The van der Waals surface area contributed by atoms with Crippen LogP contribution in [-0.4, -0.2) is 15.7 Å². The lowest BCUT2D eigenvalue weighted by atomic mass is 10.5. The number of nitrogens with zero attached hydrogens (tertiary/aromatic N) is 1. The highest BCUT2D eigenvalue weighted by atomic mass is 32.2. The molecular weight excluding hydrogens is 110 g/mol. The highest BCUT2D eigenvalue weighted by Gasteiger charge is 1.99. The molecule has 0 aliphatic rings. The van der Waals surface area contributed by atoms with Crippen molar-refractivity contribution in [2.75, 3.05) is 6.26 Å². The predicted octanol–water partition coefficient (Wildman–Crippen LogP) is 0.277. The van der Waals surface area contributed by atoms with E-state index in [9.17, 15) is 4.21 Å². The highest BCUT2D eigenvalue weighted by molar-refractivity contribution is 7.85. The first-order chi connectivity index (χ1) is 3.18. The molecule has 0 aromatic heterocycles. The summed E-state index contributed by atoms with van der Waals surface area (Å²) in [5.41, 5.74) is 0. The molecule has 0 aromatic rings. The zero-order valence-electron chi connectivity index (χ0n) is 4.34. The Kier molecular flexibility index (Phi) is 2.61. The molecular formula is C4H7NOS. The minimum atomic E-state index is -0.971. The third kappa shape index (κ3) is 2.35. The zero-order chi connectivity index (χ0) is 5.86. The molecule has 0 saturated heterocycles. The lowest BCUT2D eigenvalue weighted by molar-refractivity contribution is 0.684. The topological polar surface area (TPSA) is 40.9 Å². The maximum atomic E-state index is 10.3. The Morgan fingerprint density at radius 1 is 1.86 bits per heavy atom. The molecule has 0 aromatic carbocycles. The molecule has 0 radical (unpaired) electrons. The lowest BCUT2D eigenvalue weighted by Crippen LogP contribution is -2.03. The van der Waals surface area contributed by atoms with E-state index in [1.54, 1.807) is 6.92 Å². The van der Waals surface area contributed by atoms with Crippen molar-refractivity contribution >= 4 is 10.8 Å². The van der Waals surface area contributed by atoms with E-state index in [0.29, 0.717) is 0 Å². The second kappa shape index (κ2) is 2.75. The molecule has 0 N–H and O–H groups in total. The van der Waals surface area contributed by atoms with Gasteiger partial charge in [-0.3, -0.25) is 4.21 Å². The monoisotopic (exact) mass is 117 g/mol. The third-order valence-electron chi connectivity index (χ3n) is 0.680. The Hall–Kier alpha value is -0.360. The van der Waals surface area contributed by atoms with Crippen molar-refractivity contribution in [1.82, 2.24) is 0 Å². The van der Waals surface area contributed by atoms with Crippen molar-refractivity contribution in [3.05, 3.63) is 0 Å². The van der Waals surface area contributed by atoms with Crippen LogP contribution in [0.5, 0.6) is 0 Å². The van der Waals surface area contributed by atoms with Gasteiger partial charge in [0.05, 0.1) is 6.07 Å². The molecule has 3 heteroatoms. The number of hydrogen-bond donors (Lipinski definition) is 0. The van der Waals surface area contributed by atoms with Gasteiger partial charge in [-0.15, -0.1) is 0 Å². The minimum absolute atomic E-state index is 0.319. The van der Waals surface area contributed by atoms with E-state index in [-0.39, 0.29) is 5.25 Å². The van der Waals surface area contributed by atoms with Crippen LogP contribution in [0, 0.1) is 11.3 Å². The van der Waals surface area contributed by atoms with Crippen molar-refractivity contribution in [3.8, 4) is 6.07 Å². The van der Waals surface area contributed by atoms with Crippen molar-refractivity contribution < 1.29 is 4.21 Å². The average Bonchev–Trinajstić information content (AvgIpc) is 1.65. The fraction of sp³-hybridized carbons (Fsp3) is 0.750. The summed E-state index contributed by atoms with van der Waals surface area (Å²) in [5, 5.41) is 7.74. The van der Waals surface area contributed by atoms with E-state index in [2.05, 4.69) is 0 Å². The summed E-state index contributed by atoms with van der Waals surface area (Å²) in [5.74, 6) is 0. The Morgan fingerprint density at radius 2 is 2.29 bits per heavy atom. The molecule has 40 valence electrons. The largest absolute Gasteiger partial charge is 0.259 e. The summed E-state index contributed by atoms with van der Waals surface area (Å²) < 4.78 is 10.3. The summed E-state index contributed by atoms with van der Waals surface area (Å²) in [6.45, 7) is 1.64. The van der Waals surface area contributed by atoms with Crippen LogP contribution in [0.3, 0.4) is 0 Å². The van der Waals surface area contributed by atoms with Gasteiger partial charge >= 0.3 is 0 Å². The molecule has 0 rings (SSSR count). The first-order valence-corrected chi connectivity index (χ1v) is 3.52. The Bertz CT molecular complexity index is 115. The molecule has 0 unspecified atom stereocenters. The molecule has 0 aliphatic carbocycles. The normalized spacial score (nSPS) is 17.3. The van der Waals surface area contributed by atoms with Gasteiger partial charge in [0.1, 0.15) is 5.25 Å². The summed E-state index contributed by atoms with van der Waals surface area (Å²) in [4.78, 5) is 0. The smallest absolute Gasteiger partial charge is 0.118 e. The Morgan fingerprint density at radius 3 is 2.29 bits per heavy atom. The van der Waals surface area contributed by atoms with E-state index in [0.717, 1.165) is 0 Å². The van der Waals surface area contributed by atoms with E-state index in [1.807, 2.05) is 6.07 Å². The average molecular weight is 117 g/mol. The van der Waals surface area contributed by atoms with Gasteiger partial charge in [0.25, 0.3) is 0 Å². The second-order valence-corrected chi connectivity index (χ2v) is 2.97. The van der Waals surface area contributed by atoms with Crippen LogP contribution in [-0.2, 0) is 10.8 Å². The van der Waals surface area contributed by atoms with E-state index in [4.69, 9.17) is 5.26 Å². The van der Waals surface area contributed by atoms with Crippen LogP contribution in [0.1, 0.15) is 6.92 Å². The van der Waals surface area contributed by atoms with E-state index in [1.165, 1.54) is 6.26 Å². The summed E-state index contributed by atoms with van der Waals surface area (Å²) >= 11 is 0. The summed E-state index contributed by atoms with van der Waals surface area (Å²) in [7, 11) is -0.971. The van der Waals surface area contributed by atoms with E-state index >= 15 is 0 Å². The van der Waals surface area contributed by atoms with Gasteiger partial charge in [0.15, 0.2) is 0 Å². The fourth-order valence-electron chi connectivity index (χ4n) is 0.0742. The van der Waals surface area contributed by atoms with E-state index < -0.39 is 10.8 Å². The SMILES string of the molecule is C[C@H](C#N)[S@](C)=O. The zero-order valence-corrected chi connectivity index (χ0v) is 5.16. The standard InChI is InChI=1S/C4H7NOS/c1-4(3-5)7(2)6/h4H,1-2H3/t4-,7+/m1/s1. The molecule has 0 saturated carbocycles. The molecule has 0 bridgehead atoms. The van der Waals surface area contributed by atoms with Crippen LogP contribution >= 0.6 is 0 Å². The first-order valence-electron chi connectivity index (χ1n) is 1.90. The second-order valence-electron chi connectivity index (χ2n) is 1.27. The molecule has 0 spiro atoms. The van der Waals surface area contributed by atoms with Gasteiger partial charge in [-0.2, -0.15) is 5.26 Å². The summed E-state index contributed by atoms with van der Waals surface area (Å²) in [6.07, 6.45) is 1.52. The van der Waals surface area contributed by atoms with Gasteiger partial charge in [0.2, 0.25) is 0 Å². The maximum absolute atomic E-state index is 10.3. The molecule has 0 amide bonds. The molecule has 2 atom stereocenters.